The van der Waals surface area contributed by atoms with Crippen molar-refractivity contribution in [1.82, 2.24) is 14.3 Å². The first-order valence-corrected chi connectivity index (χ1v) is 15.2. The van der Waals surface area contributed by atoms with Gasteiger partial charge in [0.25, 0.3) is 0 Å². The Labute approximate surface area is 264 Å². The number of nitrogens with zero attached hydrogens (tertiary/aromatic N) is 3. The van der Waals surface area contributed by atoms with E-state index in [2.05, 4.69) is 0 Å². The van der Waals surface area contributed by atoms with E-state index in [-0.39, 0.29) is 11.5 Å². The van der Waals surface area contributed by atoms with Crippen molar-refractivity contribution in [2.24, 2.45) is 7.05 Å². The lowest BCUT2D eigenvalue weighted by Gasteiger charge is -2.15. The van der Waals surface area contributed by atoms with Crippen LogP contribution in [0.2, 0.25) is 5.02 Å². The van der Waals surface area contributed by atoms with Crippen molar-refractivity contribution in [2.45, 2.75) is 39.5 Å². The van der Waals surface area contributed by atoms with Crippen LogP contribution in [-0.4, -0.2) is 32.0 Å². The first-order chi connectivity index (χ1) is 21.8. The molecule has 228 valence electrons. The van der Waals surface area contributed by atoms with Crippen molar-refractivity contribution < 1.29 is 23.8 Å². The number of aromatic nitrogens is 3. The van der Waals surface area contributed by atoms with E-state index < -0.39 is 5.97 Å². The fourth-order valence-corrected chi connectivity index (χ4v) is 6.89. The largest absolute Gasteiger partial charge is 0.493 e. The molecule has 0 saturated carbocycles. The van der Waals surface area contributed by atoms with E-state index in [0.29, 0.717) is 50.0 Å². The third kappa shape index (κ3) is 5.14. The van der Waals surface area contributed by atoms with Crippen molar-refractivity contribution in [3.8, 4) is 16.9 Å². The quantitative estimate of drug-likeness (QED) is 0.190. The second-order valence-corrected chi connectivity index (χ2v) is 11.8. The molecule has 4 aromatic carbocycles. The SMILES string of the molecule is Cc1nn(C)c2c1-c1c(Cl)ccc3c(CCCOc4cccc5cc(F)ccc45)c(C(=O)O)n(c13)Cc1ccccc1COC2. The molecule has 0 saturated heterocycles. The lowest BCUT2D eigenvalue weighted by atomic mass is 9.98. The van der Waals surface area contributed by atoms with Crippen molar-refractivity contribution in [3.63, 3.8) is 0 Å². The molecule has 2 aromatic heterocycles. The monoisotopic (exact) mass is 623 g/mol. The van der Waals surface area contributed by atoms with Crippen LogP contribution in [0.1, 0.15) is 45.0 Å². The van der Waals surface area contributed by atoms with E-state index in [9.17, 15) is 14.3 Å². The Balaban J connectivity index is 1.35. The predicted molar refractivity (Wildman–Crippen MR) is 173 cm³/mol. The molecule has 6 aromatic rings. The molecule has 0 spiro atoms. The summed E-state index contributed by atoms with van der Waals surface area (Å²) in [6, 6.07) is 21.9. The first kappa shape index (κ1) is 29.1. The number of carboxylic acids is 1. The Morgan fingerprint density at radius 1 is 1.02 bits per heavy atom. The van der Waals surface area contributed by atoms with E-state index in [1.54, 1.807) is 6.07 Å². The topological polar surface area (TPSA) is 78.5 Å². The number of benzene rings is 4. The molecule has 0 bridgehead atoms. The summed E-state index contributed by atoms with van der Waals surface area (Å²) in [7, 11) is 1.89. The predicted octanol–water partition coefficient (Wildman–Crippen LogP) is 8.08. The molecular weight excluding hydrogens is 593 g/mol. The normalized spacial score (nSPS) is 13.0. The lowest BCUT2D eigenvalue weighted by Crippen LogP contribution is -2.13. The number of aryl methyl sites for hydroxylation is 3. The fourth-order valence-electron chi connectivity index (χ4n) is 6.65. The van der Waals surface area contributed by atoms with E-state index in [0.717, 1.165) is 60.9 Å². The maximum atomic E-state index is 13.8. The summed E-state index contributed by atoms with van der Waals surface area (Å²) in [6.07, 6.45) is 1.03. The number of ether oxygens (including phenoxy) is 2. The van der Waals surface area contributed by atoms with Crippen LogP contribution in [-0.2, 0) is 38.0 Å². The Morgan fingerprint density at radius 3 is 2.64 bits per heavy atom. The van der Waals surface area contributed by atoms with Gasteiger partial charge in [0.05, 0.1) is 41.7 Å². The van der Waals surface area contributed by atoms with Gasteiger partial charge >= 0.3 is 5.97 Å². The Hall–Kier alpha value is -4.66. The molecule has 1 aliphatic heterocycles. The zero-order chi connectivity index (χ0) is 31.2. The highest BCUT2D eigenvalue weighted by Crippen LogP contribution is 2.43. The summed E-state index contributed by atoms with van der Waals surface area (Å²) >= 11 is 6.99. The third-order valence-electron chi connectivity index (χ3n) is 8.65. The molecule has 7 nitrogen and oxygen atoms in total. The maximum absolute atomic E-state index is 13.8. The van der Waals surface area contributed by atoms with Crippen molar-refractivity contribution >= 4 is 39.2 Å². The highest BCUT2D eigenvalue weighted by molar-refractivity contribution is 6.35. The molecule has 0 atom stereocenters. The summed E-state index contributed by atoms with van der Waals surface area (Å²) in [4.78, 5) is 13.1. The van der Waals surface area contributed by atoms with Crippen LogP contribution < -0.4 is 4.74 Å². The van der Waals surface area contributed by atoms with Crippen molar-refractivity contribution in [3.05, 3.63) is 117 Å². The highest BCUT2D eigenvalue weighted by Gasteiger charge is 2.29. The number of hydrogen-bond donors (Lipinski definition) is 1. The highest BCUT2D eigenvalue weighted by atomic mass is 35.5. The number of halogens is 2. The summed E-state index contributed by atoms with van der Waals surface area (Å²) in [6.45, 7) is 3.33. The van der Waals surface area contributed by atoms with Gasteiger partial charge in [-0.05, 0) is 72.2 Å². The van der Waals surface area contributed by atoms with Crippen LogP contribution in [0.25, 0.3) is 32.8 Å². The molecule has 3 heterocycles. The van der Waals surface area contributed by atoms with Gasteiger partial charge in [-0.25, -0.2) is 9.18 Å². The van der Waals surface area contributed by atoms with E-state index in [4.69, 9.17) is 26.2 Å². The molecule has 0 unspecified atom stereocenters. The average Bonchev–Trinajstić information content (AvgIpc) is 3.46. The van der Waals surface area contributed by atoms with Gasteiger partial charge in [-0.1, -0.05) is 54.1 Å². The minimum absolute atomic E-state index is 0.229. The van der Waals surface area contributed by atoms with Crippen LogP contribution in [0.15, 0.2) is 72.8 Å². The second-order valence-electron chi connectivity index (χ2n) is 11.4. The van der Waals surface area contributed by atoms with E-state index in [1.165, 1.54) is 12.1 Å². The number of hydrogen-bond acceptors (Lipinski definition) is 4. The molecule has 0 aliphatic carbocycles. The van der Waals surface area contributed by atoms with E-state index in [1.807, 2.05) is 77.8 Å². The van der Waals surface area contributed by atoms with Crippen molar-refractivity contribution in [1.29, 1.82) is 0 Å². The van der Waals surface area contributed by atoms with Crippen molar-refractivity contribution in [2.75, 3.05) is 6.61 Å². The minimum atomic E-state index is -1.01. The minimum Gasteiger partial charge on any atom is -0.493 e. The summed E-state index contributed by atoms with van der Waals surface area (Å²) < 4.78 is 29.8. The summed E-state index contributed by atoms with van der Waals surface area (Å²) in [5.74, 6) is -0.645. The number of carboxylic acid groups (broad SMARTS) is 1. The molecule has 0 amide bonds. The van der Waals surface area contributed by atoms with Gasteiger partial charge in [0.2, 0.25) is 0 Å². The number of fused-ring (bicyclic) bond motifs is 4. The lowest BCUT2D eigenvalue weighted by molar-refractivity contribution is 0.0684. The molecule has 9 heteroatoms. The van der Waals surface area contributed by atoms with Gasteiger partial charge in [-0.15, -0.1) is 0 Å². The molecule has 0 fully saturated rings. The van der Waals surface area contributed by atoms with Crippen LogP contribution in [0.3, 0.4) is 0 Å². The first-order valence-electron chi connectivity index (χ1n) is 14.9. The van der Waals surface area contributed by atoms with Gasteiger partial charge in [-0.2, -0.15) is 5.10 Å². The molecule has 1 N–H and O–H groups in total. The Morgan fingerprint density at radius 2 is 1.82 bits per heavy atom. The molecule has 7 rings (SSSR count). The van der Waals surface area contributed by atoms with Gasteiger partial charge in [0.15, 0.2) is 0 Å². The zero-order valence-electron chi connectivity index (χ0n) is 24.9. The van der Waals surface area contributed by atoms with Gasteiger partial charge in [-0.3, -0.25) is 4.68 Å². The van der Waals surface area contributed by atoms with Crippen LogP contribution >= 0.6 is 11.6 Å². The number of rotatable bonds is 6. The molecule has 0 radical (unpaired) electrons. The van der Waals surface area contributed by atoms with Gasteiger partial charge in [0, 0.05) is 35.5 Å². The molecular formula is C36H31ClFN3O4. The van der Waals surface area contributed by atoms with Crippen LogP contribution in [0.4, 0.5) is 4.39 Å². The Kier molecular flexibility index (Phi) is 7.55. The third-order valence-corrected chi connectivity index (χ3v) is 8.96. The Bertz CT molecular complexity index is 2120. The van der Waals surface area contributed by atoms with Crippen LogP contribution in [0.5, 0.6) is 5.75 Å². The summed E-state index contributed by atoms with van der Waals surface area (Å²) in [5.41, 5.74) is 6.97. The smallest absolute Gasteiger partial charge is 0.352 e. The standard InChI is InChI=1S/C36H31ClFN3O4/c1-21-32-30(40(2)39-21)20-44-19-24-8-4-3-7-23(24)18-41-34-28(14-15-29(37)33(32)34)27(35(41)36(42)43)10-6-16-45-31-11-5-9-22-17-25(38)12-13-26(22)31/h3-5,7-9,11-15,17H,6,10,16,18-20H2,1-2H3,(H,42,43). The van der Waals surface area contributed by atoms with Gasteiger partial charge < -0.3 is 19.1 Å². The summed E-state index contributed by atoms with van der Waals surface area (Å²) in [5, 5.41) is 18.4. The zero-order valence-corrected chi connectivity index (χ0v) is 25.7. The molecule has 45 heavy (non-hydrogen) atoms. The van der Waals surface area contributed by atoms with Crippen LogP contribution in [0, 0.1) is 12.7 Å². The number of aromatic carboxylic acids is 1. The maximum Gasteiger partial charge on any atom is 0.352 e. The van der Waals surface area contributed by atoms with Gasteiger partial charge in [0.1, 0.15) is 17.3 Å². The fraction of sp³-hybridized carbons (Fsp3) is 0.222. The average molecular weight is 624 g/mol. The molecule has 1 aliphatic rings. The van der Waals surface area contributed by atoms with E-state index >= 15 is 0 Å². The number of carbonyl (C=O) groups is 1. The second kappa shape index (κ2) is 11.7.